The molecule has 0 saturated carbocycles. The summed E-state index contributed by atoms with van der Waals surface area (Å²) in [5.41, 5.74) is 1.34. The molecule has 2 nitrogen and oxygen atoms in total. The molecule has 0 aliphatic carbocycles. The molecule has 0 unspecified atom stereocenters. The number of hydrogen-bond acceptors (Lipinski definition) is 2. The number of halogens is 1. The van der Waals surface area contributed by atoms with E-state index in [0.717, 1.165) is 26.2 Å². The van der Waals surface area contributed by atoms with Crippen molar-refractivity contribution in [3.63, 3.8) is 0 Å². The van der Waals surface area contributed by atoms with Gasteiger partial charge in [0.2, 0.25) is 0 Å². The Morgan fingerprint density at radius 1 is 1.25 bits per heavy atom. The molecule has 16 heavy (non-hydrogen) atoms. The van der Waals surface area contributed by atoms with Crippen molar-refractivity contribution >= 4 is 22.6 Å². The fraction of sp³-hybridized carbons (Fsp3) is 0.385. The van der Waals surface area contributed by atoms with Gasteiger partial charge in [0, 0.05) is 29.7 Å². The van der Waals surface area contributed by atoms with Gasteiger partial charge in [-0.25, -0.2) is 0 Å². The maximum absolute atomic E-state index is 3.97. The summed E-state index contributed by atoms with van der Waals surface area (Å²) in [6, 6.07) is 9.09. The molecule has 3 heteroatoms. The zero-order valence-corrected chi connectivity index (χ0v) is 11.5. The van der Waals surface area contributed by atoms with Gasteiger partial charge in [0.1, 0.15) is 0 Å². The molecule has 0 bridgehead atoms. The first-order valence-corrected chi connectivity index (χ1v) is 6.72. The van der Waals surface area contributed by atoms with Crippen molar-refractivity contribution in [1.82, 2.24) is 10.2 Å². The minimum atomic E-state index is 0.360. The van der Waals surface area contributed by atoms with Gasteiger partial charge < -0.3 is 5.32 Å². The Balaban J connectivity index is 2.14. The van der Waals surface area contributed by atoms with Crippen LogP contribution in [0.3, 0.4) is 0 Å². The minimum Gasteiger partial charge on any atom is -0.314 e. The summed E-state index contributed by atoms with van der Waals surface area (Å²) in [7, 11) is 0. The van der Waals surface area contributed by atoms with Gasteiger partial charge in [0.25, 0.3) is 0 Å². The summed E-state index contributed by atoms with van der Waals surface area (Å²) in [5.74, 6) is 0. The first-order chi connectivity index (χ1) is 7.81. The van der Waals surface area contributed by atoms with Gasteiger partial charge in [-0.05, 0) is 40.3 Å². The van der Waals surface area contributed by atoms with E-state index in [1.807, 2.05) is 6.08 Å². The Hall–Kier alpha value is -0.390. The highest BCUT2D eigenvalue weighted by atomic mass is 127. The molecule has 86 valence electrons. The lowest BCUT2D eigenvalue weighted by Gasteiger charge is -2.33. The van der Waals surface area contributed by atoms with E-state index in [9.17, 15) is 0 Å². The monoisotopic (exact) mass is 328 g/mol. The third-order valence-electron chi connectivity index (χ3n) is 2.98. The third-order valence-corrected chi connectivity index (χ3v) is 3.70. The summed E-state index contributed by atoms with van der Waals surface area (Å²) in [5, 5.41) is 3.38. The quantitative estimate of drug-likeness (QED) is 0.677. The maximum atomic E-state index is 3.97. The standard InChI is InChI=1S/C13H17IN2/c1-2-13(16-9-7-15-8-10-16)11-3-5-12(14)6-4-11/h2-6,13,15H,1,7-10H2/t13-/m1/s1. The van der Waals surface area contributed by atoms with Crippen molar-refractivity contribution in [1.29, 1.82) is 0 Å². The van der Waals surface area contributed by atoms with Crippen LogP contribution in [-0.4, -0.2) is 31.1 Å². The Kier molecular flexibility index (Phi) is 4.37. The predicted octanol–water partition coefficient (Wildman–Crippen LogP) is 2.42. The van der Waals surface area contributed by atoms with E-state index in [4.69, 9.17) is 0 Å². The van der Waals surface area contributed by atoms with Crippen LogP contribution in [0.2, 0.25) is 0 Å². The van der Waals surface area contributed by atoms with Crippen molar-refractivity contribution in [3.8, 4) is 0 Å². The largest absolute Gasteiger partial charge is 0.314 e. The van der Waals surface area contributed by atoms with Crippen LogP contribution in [0.5, 0.6) is 0 Å². The second kappa shape index (κ2) is 5.80. The van der Waals surface area contributed by atoms with Crippen LogP contribution in [0.1, 0.15) is 11.6 Å². The summed E-state index contributed by atoms with van der Waals surface area (Å²) >= 11 is 2.34. The second-order valence-electron chi connectivity index (χ2n) is 4.02. The van der Waals surface area contributed by atoms with Gasteiger partial charge in [-0.2, -0.15) is 0 Å². The van der Waals surface area contributed by atoms with E-state index in [-0.39, 0.29) is 0 Å². The van der Waals surface area contributed by atoms with E-state index in [1.54, 1.807) is 0 Å². The van der Waals surface area contributed by atoms with Crippen molar-refractivity contribution in [2.45, 2.75) is 6.04 Å². The van der Waals surface area contributed by atoms with Crippen LogP contribution in [0.25, 0.3) is 0 Å². The molecule has 1 aliphatic rings. The molecular weight excluding hydrogens is 311 g/mol. The molecule has 1 fully saturated rings. The van der Waals surface area contributed by atoms with E-state index in [2.05, 4.69) is 63.7 Å². The maximum Gasteiger partial charge on any atom is 0.0529 e. The molecule has 2 rings (SSSR count). The van der Waals surface area contributed by atoms with Crippen LogP contribution in [0.15, 0.2) is 36.9 Å². The topological polar surface area (TPSA) is 15.3 Å². The highest BCUT2D eigenvalue weighted by Crippen LogP contribution is 2.22. The van der Waals surface area contributed by atoms with Gasteiger partial charge in [-0.3, -0.25) is 4.90 Å². The normalized spacial score (nSPS) is 19.3. The average molecular weight is 328 g/mol. The zero-order valence-electron chi connectivity index (χ0n) is 9.32. The van der Waals surface area contributed by atoms with E-state index >= 15 is 0 Å². The minimum absolute atomic E-state index is 0.360. The lowest BCUT2D eigenvalue weighted by molar-refractivity contribution is 0.203. The lowest BCUT2D eigenvalue weighted by atomic mass is 10.0. The zero-order chi connectivity index (χ0) is 11.4. The van der Waals surface area contributed by atoms with Gasteiger partial charge in [0.15, 0.2) is 0 Å². The molecule has 0 aromatic heterocycles. The van der Waals surface area contributed by atoms with Crippen molar-refractivity contribution in [2.75, 3.05) is 26.2 Å². The van der Waals surface area contributed by atoms with Gasteiger partial charge in [-0.1, -0.05) is 18.2 Å². The molecule has 1 aromatic carbocycles. The Labute approximate surface area is 111 Å². The fourth-order valence-corrected chi connectivity index (χ4v) is 2.48. The first-order valence-electron chi connectivity index (χ1n) is 5.64. The van der Waals surface area contributed by atoms with Crippen molar-refractivity contribution in [2.24, 2.45) is 0 Å². The van der Waals surface area contributed by atoms with Crippen LogP contribution in [0, 0.1) is 3.57 Å². The molecule has 1 aliphatic heterocycles. The molecule has 1 heterocycles. The van der Waals surface area contributed by atoms with E-state index < -0.39 is 0 Å². The summed E-state index contributed by atoms with van der Waals surface area (Å²) in [4.78, 5) is 2.48. The summed E-state index contributed by atoms with van der Waals surface area (Å²) in [6.07, 6.45) is 2.05. The number of hydrogen-bond donors (Lipinski definition) is 1. The highest BCUT2D eigenvalue weighted by molar-refractivity contribution is 14.1. The molecule has 1 atom stereocenters. The lowest BCUT2D eigenvalue weighted by Crippen LogP contribution is -2.44. The van der Waals surface area contributed by atoms with E-state index in [1.165, 1.54) is 9.13 Å². The molecule has 1 saturated heterocycles. The smallest absolute Gasteiger partial charge is 0.0529 e. The number of nitrogens with zero attached hydrogens (tertiary/aromatic N) is 1. The highest BCUT2D eigenvalue weighted by Gasteiger charge is 2.18. The van der Waals surface area contributed by atoms with Crippen LogP contribution in [-0.2, 0) is 0 Å². The summed E-state index contributed by atoms with van der Waals surface area (Å²) in [6.45, 7) is 8.33. The van der Waals surface area contributed by atoms with Gasteiger partial charge in [0.05, 0.1) is 6.04 Å². The predicted molar refractivity (Wildman–Crippen MR) is 76.5 cm³/mol. The number of rotatable bonds is 3. The number of benzene rings is 1. The Morgan fingerprint density at radius 3 is 2.44 bits per heavy atom. The third kappa shape index (κ3) is 2.84. The molecule has 1 N–H and O–H groups in total. The van der Waals surface area contributed by atoms with Crippen molar-refractivity contribution in [3.05, 3.63) is 46.1 Å². The molecule has 0 spiro atoms. The van der Waals surface area contributed by atoms with Crippen molar-refractivity contribution < 1.29 is 0 Å². The number of piperazine rings is 1. The molecule has 0 radical (unpaired) electrons. The Morgan fingerprint density at radius 2 is 1.88 bits per heavy atom. The fourth-order valence-electron chi connectivity index (χ4n) is 2.12. The molecule has 0 amide bonds. The molecular formula is C13H17IN2. The van der Waals surface area contributed by atoms with Crippen LogP contribution in [0.4, 0.5) is 0 Å². The SMILES string of the molecule is C=C[C@H](c1ccc(I)cc1)N1CCNCC1. The van der Waals surface area contributed by atoms with Gasteiger partial charge >= 0.3 is 0 Å². The van der Waals surface area contributed by atoms with Crippen LogP contribution < -0.4 is 5.32 Å². The molecule has 1 aromatic rings. The second-order valence-corrected chi connectivity index (χ2v) is 5.26. The first kappa shape index (κ1) is 12.1. The summed E-state index contributed by atoms with van der Waals surface area (Å²) < 4.78 is 1.28. The van der Waals surface area contributed by atoms with Gasteiger partial charge in [-0.15, -0.1) is 6.58 Å². The van der Waals surface area contributed by atoms with E-state index in [0.29, 0.717) is 6.04 Å². The Bertz CT molecular complexity index is 341. The average Bonchev–Trinajstić information content (AvgIpc) is 2.34. The number of nitrogens with one attached hydrogen (secondary N) is 1. The van der Waals surface area contributed by atoms with Crippen LogP contribution >= 0.6 is 22.6 Å².